The van der Waals surface area contributed by atoms with Crippen molar-refractivity contribution >= 4 is 29.3 Å². The Balaban J connectivity index is 1.36. The first-order valence-corrected chi connectivity index (χ1v) is 19.8. The third-order valence-electron chi connectivity index (χ3n) is 15.1. The lowest BCUT2D eigenvalue weighted by molar-refractivity contribution is -0.213. The number of rotatable bonds is 7. The number of Topliss-reactive ketones (excluding diaryl/α,β-unsaturated/α-hetero) is 2. The highest BCUT2D eigenvalue weighted by Crippen LogP contribution is 2.76. The van der Waals surface area contributed by atoms with Crippen LogP contribution in [0.5, 0.6) is 0 Å². The Morgan fingerprint density at radius 2 is 1.64 bits per heavy atom. The maximum absolute atomic E-state index is 15.0. The van der Waals surface area contributed by atoms with Crippen molar-refractivity contribution in [3.05, 3.63) is 46.0 Å². The average molecular weight is 708 g/mol. The summed E-state index contributed by atoms with van der Waals surface area (Å²) < 4.78 is 11.8. The number of hydrogen-bond acceptors (Lipinski definition) is 5. The van der Waals surface area contributed by atoms with Gasteiger partial charge in [-0.1, -0.05) is 65.3 Å². The predicted octanol–water partition coefficient (Wildman–Crippen LogP) is 10.3. The van der Waals surface area contributed by atoms with Gasteiger partial charge in [0.05, 0.1) is 18.1 Å². The quantitative estimate of drug-likeness (QED) is 0.282. The van der Waals surface area contributed by atoms with Crippen molar-refractivity contribution in [1.29, 1.82) is 0 Å². The van der Waals surface area contributed by atoms with Gasteiger partial charge in [0.1, 0.15) is 5.60 Å². The Morgan fingerprint density at radius 3 is 2.26 bits per heavy atom. The molecule has 5 aliphatic carbocycles. The van der Waals surface area contributed by atoms with E-state index in [1.165, 1.54) is 24.2 Å². The maximum Gasteiger partial charge on any atom is 0.410 e. The van der Waals surface area contributed by atoms with Crippen molar-refractivity contribution in [1.82, 2.24) is 4.90 Å². The van der Waals surface area contributed by atoms with E-state index in [9.17, 15) is 9.59 Å². The molecule has 1 amide bonds. The van der Waals surface area contributed by atoms with Crippen molar-refractivity contribution < 1.29 is 23.9 Å². The molecule has 0 radical (unpaired) electrons. The van der Waals surface area contributed by atoms with Crippen LogP contribution in [0.15, 0.2) is 35.4 Å². The van der Waals surface area contributed by atoms with Gasteiger partial charge in [0.25, 0.3) is 0 Å². The van der Waals surface area contributed by atoms with Crippen LogP contribution in [0.1, 0.15) is 126 Å². The van der Waals surface area contributed by atoms with E-state index in [0.717, 1.165) is 42.4 Å². The number of allylic oxidation sites excluding steroid dienone is 2. The minimum Gasteiger partial charge on any atom is -0.444 e. The van der Waals surface area contributed by atoms with E-state index in [1.807, 2.05) is 40.0 Å². The van der Waals surface area contributed by atoms with Gasteiger partial charge < -0.3 is 9.47 Å². The van der Waals surface area contributed by atoms with Crippen molar-refractivity contribution in [2.75, 3.05) is 13.7 Å². The summed E-state index contributed by atoms with van der Waals surface area (Å²) in [7, 11) is 1.88. The molecule has 0 aromatic heterocycles. The van der Waals surface area contributed by atoms with Crippen LogP contribution in [0.3, 0.4) is 0 Å². The Labute approximate surface area is 306 Å². The van der Waals surface area contributed by atoms with Gasteiger partial charge in [0.2, 0.25) is 0 Å². The molecule has 0 bridgehead atoms. The van der Waals surface area contributed by atoms with Gasteiger partial charge in [0, 0.05) is 25.1 Å². The van der Waals surface area contributed by atoms with Crippen LogP contribution in [0.2, 0.25) is 5.02 Å². The summed E-state index contributed by atoms with van der Waals surface area (Å²) in [6, 6.07) is 7.36. The molecule has 7 unspecified atom stereocenters. The second-order valence-corrected chi connectivity index (χ2v) is 19.3. The topological polar surface area (TPSA) is 72.9 Å². The molecule has 4 saturated carbocycles. The number of hydrogen-bond donors (Lipinski definition) is 0. The number of nitrogens with zero attached hydrogens (tertiary/aromatic N) is 1. The number of fused-ring (bicyclic) bond motifs is 7. The van der Waals surface area contributed by atoms with Crippen LogP contribution >= 0.6 is 11.6 Å². The average Bonchev–Trinajstić information content (AvgIpc) is 3.34. The maximum atomic E-state index is 15.0. The van der Waals surface area contributed by atoms with Gasteiger partial charge in [-0.2, -0.15) is 0 Å². The standard InChI is InChI=1S/C43H62ClNO5/c1-26(2)36-32(46)23-43(35(47)25-45(38(48)50-39(4,5)6)24-28-11-13-29(44)14-12-28)22-21-41(8)31(37(36)43)15-16-34-40(7)19-18-33(49-10)27(3)30(40)17-20-42(34,41)9/h11-14,26-27,30-31,33-34H,15-25H2,1-10H3/t27?,30?,31?,33?,34-,40?,41-,42?,43?/m1/s1. The van der Waals surface area contributed by atoms with Gasteiger partial charge in [-0.3, -0.25) is 14.5 Å². The van der Waals surface area contributed by atoms with Crippen LogP contribution in [0, 0.1) is 51.2 Å². The number of amides is 1. The normalized spacial score (nSPS) is 38.2. The van der Waals surface area contributed by atoms with E-state index in [4.69, 9.17) is 21.1 Å². The van der Waals surface area contributed by atoms with Gasteiger partial charge in [0.15, 0.2) is 11.6 Å². The van der Waals surface area contributed by atoms with Crippen LogP contribution in [-0.4, -0.2) is 47.9 Å². The number of halogens is 1. The first-order valence-electron chi connectivity index (χ1n) is 19.4. The Morgan fingerprint density at radius 1 is 0.960 bits per heavy atom. The van der Waals surface area contributed by atoms with E-state index in [2.05, 4.69) is 41.5 Å². The monoisotopic (exact) mass is 707 g/mol. The molecule has 0 aliphatic heterocycles. The first kappa shape index (κ1) is 37.6. The smallest absolute Gasteiger partial charge is 0.410 e. The zero-order valence-electron chi connectivity index (χ0n) is 32.4. The Hall–Kier alpha value is -2.18. The number of ether oxygens (including phenoxy) is 2. The van der Waals surface area contributed by atoms with Crippen LogP contribution in [0.4, 0.5) is 4.79 Å². The summed E-state index contributed by atoms with van der Waals surface area (Å²) in [6.45, 7) is 20.0. The molecule has 5 aliphatic rings. The van der Waals surface area contributed by atoms with Crippen molar-refractivity contribution in [3.63, 3.8) is 0 Å². The number of carbonyl (C=O) groups is 3. The number of methoxy groups -OCH3 is 1. The minimum absolute atomic E-state index is 0.0203. The molecule has 276 valence electrons. The van der Waals surface area contributed by atoms with Crippen LogP contribution in [0.25, 0.3) is 0 Å². The van der Waals surface area contributed by atoms with Crippen LogP contribution < -0.4 is 0 Å². The molecule has 4 fully saturated rings. The van der Waals surface area contributed by atoms with E-state index in [-0.39, 0.29) is 59.2 Å². The van der Waals surface area contributed by atoms with Crippen molar-refractivity contribution in [2.45, 2.75) is 138 Å². The largest absolute Gasteiger partial charge is 0.444 e. The van der Waals surface area contributed by atoms with Gasteiger partial charge >= 0.3 is 6.09 Å². The number of carbonyl (C=O) groups excluding carboxylic acids is 3. The van der Waals surface area contributed by atoms with Gasteiger partial charge in [-0.05, 0) is 147 Å². The van der Waals surface area contributed by atoms with Gasteiger partial charge in [-0.15, -0.1) is 0 Å². The first-order chi connectivity index (χ1) is 23.3. The summed E-state index contributed by atoms with van der Waals surface area (Å²) >= 11 is 6.17. The molecule has 9 atom stereocenters. The fraction of sp³-hybridized carbons (Fsp3) is 0.744. The molecule has 7 heteroatoms. The van der Waals surface area contributed by atoms with E-state index in [1.54, 1.807) is 12.1 Å². The van der Waals surface area contributed by atoms with Crippen molar-refractivity contribution in [2.24, 2.45) is 51.2 Å². The van der Waals surface area contributed by atoms with Crippen molar-refractivity contribution in [3.8, 4) is 0 Å². The van der Waals surface area contributed by atoms with E-state index < -0.39 is 17.1 Å². The molecule has 0 N–H and O–H groups in total. The predicted molar refractivity (Wildman–Crippen MR) is 199 cm³/mol. The second-order valence-electron chi connectivity index (χ2n) is 18.9. The summed E-state index contributed by atoms with van der Waals surface area (Å²) in [4.78, 5) is 44.4. The molecule has 1 aromatic carbocycles. The number of ketones is 2. The van der Waals surface area contributed by atoms with Crippen LogP contribution in [-0.2, 0) is 25.6 Å². The summed E-state index contributed by atoms with van der Waals surface area (Å²) in [5, 5.41) is 0.612. The lowest BCUT2D eigenvalue weighted by Gasteiger charge is -2.71. The highest BCUT2D eigenvalue weighted by atomic mass is 35.5. The fourth-order valence-corrected chi connectivity index (χ4v) is 12.7. The fourth-order valence-electron chi connectivity index (χ4n) is 12.5. The molecule has 1 aromatic rings. The second kappa shape index (κ2) is 13.0. The molecule has 0 saturated heterocycles. The highest BCUT2D eigenvalue weighted by molar-refractivity contribution is 6.30. The zero-order chi connectivity index (χ0) is 36.6. The van der Waals surface area contributed by atoms with E-state index >= 15 is 4.79 Å². The molecule has 0 spiro atoms. The Bertz CT molecular complexity index is 1540. The lowest BCUT2D eigenvalue weighted by atomic mass is 9.34. The zero-order valence-corrected chi connectivity index (χ0v) is 33.2. The van der Waals surface area contributed by atoms with E-state index in [0.29, 0.717) is 35.3 Å². The Kier molecular flexibility index (Phi) is 9.80. The van der Waals surface area contributed by atoms with Gasteiger partial charge in [-0.25, -0.2) is 4.79 Å². The molecular formula is C43H62ClNO5. The molecule has 6 nitrogen and oxygen atoms in total. The highest BCUT2D eigenvalue weighted by Gasteiger charge is 2.69. The number of benzene rings is 1. The third kappa shape index (κ3) is 5.91. The summed E-state index contributed by atoms with van der Waals surface area (Å²) in [5.74, 6) is 2.12. The lowest BCUT2D eigenvalue weighted by Crippen LogP contribution is -2.64. The SMILES string of the molecule is COC1CCC2(C)C(CCC3(C)[C@@H]2CCC2C4=C(C(C)C)C(=O)CC4(C(=O)CN(Cc4ccc(Cl)cc4)C(=O)OC(C)(C)C)CC[C@]23C)C1C. The molecule has 50 heavy (non-hydrogen) atoms. The minimum atomic E-state index is -0.879. The molecule has 6 rings (SSSR count). The summed E-state index contributed by atoms with van der Waals surface area (Å²) in [5.41, 5.74) is 1.64. The molecular weight excluding hydrogens is 646 g/mol. The molecule has 0 heterocycles. The summed E-state index contributed by atoms with van der Waals surface area (Å²) in [6.07, 6.45) is 8.47. The third-order valence-corrected chi connectivity index (χ3v) is 15.3.